The van der Waals surface area contributed by atoms with Gasteiger partial charge >= 0.3 is 6.09 Å². The zero-order chi connectivity index (χ0) is 11.4. The summed E-state index contributed by atoms with van der Waals surface area (Å²) < 4.78 is 4.65. The number of rotatable bonds is 2. The molecule has 3 nitrogen and oxygen atoms in total. The second kappa shape index (κ2) is 5.03. The van der Waals surface area contributed by atoms with Crippen molar-refractivity contribution in [2.45, 2.75) is 12.8 Å². The fourth-order valence-electron chi connectivity index (χ4n) is 1.41. The van der Waals surface area contributed by atoms with E-state index in [0.717, 1.165) is 16.8 Å². The predicted octanol–water partition coefficient (Wildman–Crippen LogP) is 2.94. The Bertz CT molecular complexity index is 366. The van der Waals surface area contributed by atoms with E-state index in [1.165, 1.54) is 12.0 Å². The van der Waals surface area contributed by atoms with Crippen molar-refractivity contribution in [1.29, 1.82) is 0 Å². The van der Waals surface area contributed by atoms with Crippen LogP contribution >= 0.6 is 11.6 Å². The molecule has 0 saturated heterocycles. The highest BCUT2D eigenvalue weighted by atomic mass is 35.5. The number of alkyl halides is 1. The van der Waals surface area contributed by atoms with Crippen LogP contribution in [0.4, 0.5) is 10.5 Å². The quantitative estimate of drug-likeness (QED) is 0.727. The number of methoxy groups -OCH3 is 1. The Kier molecular flexibility index (Phi) is 3.97. The third kappa shape index (κ3) is 2.42. The van der Waals surface area contributed by atoms with E-state index in [2.05, 4.69) is 4.74 Å². The maximum absolute atomic E-state index is 11.4. The average Bonchev–Trinajstić information content (AvgIpc) is 2.26. The molecule has 0 atom stereocenters. The van der Waals surface area contributed by atoms with Gasteiger partial charge in [0.25, 0.3) is 0 Å². The van der Waals surface area contributed by atoms with Crippen molar-refractivity contribution in [2.24, 2.45) is 0 Å². The number of carbonyl (C=O) groups excluding carboxylic acids is 1. The highest BCUT2D eigenvalue weighted by Gasteiger charge is 2.14. The summed E-state index contributed by atoms with van der Waals surface area (Å²) in [4.78, 5) is 12.8. The molecule has 4 heteroatoms. The molecule has 0 aliphatic rings. The molecule has 1 aromatic rings. The van der Waals surface area contributed by atoms with Gasteiger partial charge in [-0.05, 0) is 24.1 Å². The summed E-state index contributed by atoms with van der Waals surface area (Å²) >= 11 is 5.85. The average molecular weight is 228 g/mol. The van der Waals surface area contributed by atoms with Crippen LogP contribution in [0.2, 0.25) is 0 Å². The number of hydrogen-bond acceptors (Lipinski definition) is 2. The van der Waals surface area contributed by atoms with Crippen LogP contribution in [0.25, 0.3) is 0 Å². The molecule has 0 spiro atoms. The fraction of sp³-hybridized carbons (Fsp3) is 0.364. The normalized spacial score (nSPS) is 9.87. The molecule has 0 bridgehead atoms. The van der Waals surface area contributed by atoms with Gasteiger partial charge in [0.1, 0.15) is 0 Å². The lowest BCUT2D eigenvalue weighted by molar-refractivity contribution is 0.180. The van der Waals surface area contributed by atoms with Crippen molar-refractivity contribution in [2.75, 3.05) is 19.1 Å². The Morgan fingerprint density at radius 3 is 2.73 bits per heavy atom. The second-order valence-corrected chi connectivity index (χ2v) is 3.50. The summed E-state index contributed by atoms with van der Waals surface area (Å²) in [7, 11) is 3.02. The lowest BCUT2D eigenvalue weighted by Crippen LogP contribution is -2.26. The Balaban J connectivity index is 3.13. The molecule has 0 heterocycles. The molecule has 1 amide bonds. The van der Waals surface area contributed by atoms with Gasteiger partial charge in [0.15, 0.2) is 0 Å². The molecule has 82 valence electrons. The smallest absolute Gasteiger partial charge is 0.413 e. The molecule has 0 fully saturated rings. The van der Waals surface area contributed by atoms with Crippen molar-refractivity contribution in [1.82, 2.24) is 0 Å². The summed E-state index contributed by atoms with van der Waals surface area (Å²) in [5.41, 5.74) is 2.81. The number of amides is 1. The Labute approximate surface area is 94.6 Å². The molecule has 0 unspecified atom stereocenters. The van der Waals surface area contributed by atoms with Gasteiger partial charge in [-0.15, -0.1) is 11.6 Å². The first-order chi connectivity index (χ1) is 7.11. The van der Waals surface area contributed by atoms with Crippen LogP contribution in [0, 0.1) is 6.92 Å². The molecule has 0 aliphatic carbocycles. The van der Waals surface area contributed by atoms with Gasteiger partial charge in [-0.1, -0.05) is 12.1 Å². The van der Waals surface area contributed by atoms with E-state index in [0.29, 0.717) is 5.88 Å². The minimum Gasteiger partial charge on any atom is -0.452 e. The summed E-state index contributed by atoms with van der Waals surface area (Å²) in [5.74, 6) is 0.378. The Hall–Kier alpha value is -1.22. The number of nitrogens with zero attached hydrogens (tertiary/aromatic N) is 1. The van der Waals surface area contributed by atoms with Crippen molar-refractivity contribution in [3.8, 4) is 0 Å². The van der Waals surface area contributed by atoms with Crippen LogP contribution in [0.15, 0.2) is 18.2 Å². The Morgan fingerprint density at radius 1 is 1.53 bits per heavy atom. The van der Waals surface area contributed by atoms with Gasteiger partial charge < -0.3 is 4.74 Å². The largest absolute Gasteiger partial charge is 0.452 e. The highest BCUT2D eigenvalue weighted by molar-refractivity contribution is 6.17. The van der Waals surface area contributed by atoms with Crippen LogP contribution in [0.5, 0.6) is 0 Å². The minimum absolute atomic E-state index is 0.378. The molecule has 0 aliphatic heterocycles. The highest BCUT2D eigenvalue weighted by Crippen LogP contribution is 2.24. The van der Waals surface area contributed by atoms with Crippen molar-refractivity contribution >= 4 is 23.4 Å². The van der Waals surface area contributed by atoms with E-state index in [1.807, 2.05) is 25.1 Å². The first-order valence-electron chi connectivity index (χ1n) is 4.58. The van der Waals surface area contributed by atoms with Gasteiger partial charge in [0, 0.05) is 12.9 Å². The van der Waals surface area contributed by atoms with E-state index < -0.39 is 6.09 Å². The van der Waals surface area contributed by atoms with Gasteiger partial charge in [0.05, 0.1) is 12.8 Å². The molecular formula is C11H14ClNO2. The zero-order valence-electron chi connectivity index (χ0n) is 9.08. The third-order valence-electron chi connectivity index (χ3n) is 2.33. The topological polar surface area (TPSA) is 29.5 Å². The van der Waals surface area contributed by atoms with E-state index in [4.69, 9.17) is 11.6 Å². The van der Waals surface area contributed by atoms with Gasteiger partial charge in [-0.3, -0.25) is 4.90 Å². The number of anilines is 1. The summed E-state index contributed by atoms with van der Waals surface area (Å²) in [6, 6.07) is 5.70. The Morgan fingerprint density at radius 2 is 2.20 bits per heavy atom. The van der Waals surface area contributed by atoms with Crippen LogP contribution in [-0.2, 0) is 10.6 Å². The van der Waals surface area contributed by atoms with Gasteiger partial charge in [0.2, 0.25) is 0 Å². The monoisotopic (exact) mass is 227 g/mol. The van der Waals surface area contributed by atoms with Crippen LogP contribution in [0.1, 0.15) is 11.1 Å². The second-order valence-electron chi connectivity index (χ2n) is 3.24. The van der Waals surface area contributed by atoms with Crippen LogP contribution in [-0.4, -0.2) is 20.3 Å². The number of carbonyl (C=O) groups is 1. The number of hydrogen-bond donors (Lipinski definition) is 0. The lowest BCUT2D eigenvalue weighted by Gasteiger charge is -2.19. The molecular weight excluding hydrogens is 214 g/mol. The third-order valence-corrected chi connectivity index (χ3v) is 2.60. The van der Waals surface area contributed by atoms with Crippen molar-refractivity contribution < 1.29 is 9.53 Å². The summed E-state index contributed by atoms with van der Waals surface area (Å²) in [6.07, 6.45) is -0.396. The van der Waals surface area contributed by atoms with E-state index in [9.17, 15) is 4.79 Å². The summed E-state index contributed by atoms with van der Waals surface area (Å²) in [6.45, 7) is 1.96. The molecule has 15 heavy (non-hydrogen) atoms. The van der Waals surface area contributed by atoms with Crippen molar-refractivity contribution in [3.05, 3.63) is 29.3 Å². The maximum atomic E-state index is 11.4. The molecule has 1 rings (SSSR count). The maximum Gasteiger partial charge on any atom is 0.413 e. The van der Waals surface area contributed by atoms with Crippen molar-refractivity contribution in [3.63, 3.8) is 0 Å². The standard InChI is InChI=1S/C11H14ClNO2/c1-8-5-4-6-10(9(8)7-12)13(2)11(14)15-3/h4-6H,7H2,1-3H3. The van der Waals surface area contributed by atoms with Crippen LogP contribution < -0.4 is 4.90 Å². The minimum atomic E-state index is -0.396. The van der Waals surface area contributed by atoms with Crippen LogP contribution in [0.3, 0.4) is 0 Å². The molecule has 0 saturated carbocycles. The lowest BCUT2D eigenvalue weighted by atomic mass is 10.1. The predicted molar refractivity (Wildman–Crippen MR) is 61.5 cm³/mol. The fourth-order valence-corrected chi connectivity index (χ4v) is 1.76. The van der Waals surface area contributed by atoms with Gasteiger partial charge in [-0.2, -0.15) is 0 Å². The molecule has 0 aromatic heterocycles. The first-order valence-corrected chi connectivity index (χ1v) is 5.11. The summed E-state index contributed by atoms with van der Waals surface area (Å²) in [5, 5.41) is 0. The first kappa shape index (κ1) is 11.9. The number of ether oxygens (including phenoxy) is 1. The molecule has 1 aromatic carbocycles. The molecule has 0 N–H and O–H groups in total. The van der Waals surface area contributed by atoms with E-state index >= 15 is 0 Å². The van der Waals surface area contributed by atoms with Gasteiger partial charge in [-0.25, -0.2) is 4.79 Å². The molecule has 0 radical (unpaired) electrons. The zero-order valence-corrected chi connectivity index (χ0v) is 9.84. The SMILES string of the molecule is COC(=O)N(C)c1cccc(C)c1CCl. The number of halogens is 1. The van der Waals surface area contributed by atoms with E-state index in [1.54, 1.807) is 7.05 Å². The number of aryl methyl sites for hydroxylation is 1. The number of benzene rings is 1. The van der Waals surface area contributed by atoms with E-state index in [-0.39, 0.29) is 0 Å².